The lowest BCUT2D eigenvalue weighted by molar-refractivity contribution is -0.125. The molecule has 1 saturated heterocycles. The highest BCUT2D eigenvalue weighted by molar-refractivity contribution is 9.10. The number of nitrogens with zero attached hydrogens (tertiary/aromatic N) is 1. The smallest absolute Gasteiger partial charge is 0.258 e. The third-order valence-corrected chi connectivity index (χ3v) is 3.74. The van der Waals surface area contributed by atoms with Crippen molar-refractivity contribution in [2.24, 2.45) is 0 Å². The van der Waals surface area contributed by atoms with E-state index in [1.54, 1.807) is 12.1 Å². The molecule has 1 heterocycles. The quantitative estimate of drug-likeness (QED) is 0.723. The molecule has 2 rings (SSSR count). The Balaban J connectivity index is 2.27. The largest absolute Gasteiger partial charge is 0.507 e. The molecule has 1 fully saturated rings. The van der Waals surface area contributed by atoms with Crippen LogP contribution in [0.2, 0.25) is 0 Å². The van der Waals surface area contributed by atoms with Gasteiger partial charge < -0.3 is 20.6 Å². The summed E-state index contributed by atoms with van der Waals surface area (Å²) in [6.45, 7) is 1.45. The van der Waals surface area contributed by atoms with Crippen molar-refractivity contribution in [3.05, 3.63) is 28.2 Å². The maximum absolute atomic E-state index is 12.5. The normalized spacial score (nSPS) is 18.7. The molecule has 1 atom stereocenters. The van der Waals surface area contributed by atoms with Crippen molar-refractivity contribution in [1.29, 1.82) is 0 Å². The number of piperazine rings is 1. The van der Waals surface area contributed by atoms with Crippen molar-refractivity contribution in [3.8, 4) is 5.75 Å². The van der Waals surface area contributed by atoms with Gasteiger partial charge in [-0.2, -0.15) is 0 Å². The maximum Gasteiger partial charge on any atom is 0.258 e. The van der Waals surface area contributed by atoms with E-state index in [0.717, 1.165) is 0 Å². The molecule has 6 nitrogen and oxygen atoms in total. The SMILES string of the molecule is CNC(=O)C1CNCCN1C(=O)c1ccc(Br)cc1O. The number of nitrogens with one attached hydrogen (secondary N) is 2. The Bertz CT molecular complexity index is 536. The highest BCUT2D eigenvalue weighted by Gasteiger charge is 2.32. The van der Waals surface area contributed by atoms with E-state index in [-0.39, 0.29) is 23.1 Å². The minimum Gasteiger partial charge on any atom is -0.507 e. The molecule has 0 bridgehead atoms. The first-order valence-corrected chi connectivity index (χ1v) is 7.05. The molecule has 1 aromatic carbocycles. The van der Waals surface area contributed by atoms with Crippen LogP contribution in [0.3, 0.4) is 0 Å². The van der Waals surface area contributed by atoms with Gasteiger partial charge in [0.25, 0.3) is 5.91 Å². The molecule has 0 aromatic heterocycles. The van der Waals surface area contributed by atoms with Gasteiger partial charge in [-0.25, -0.2) is 0 Å². The zero-order valence-electron chi connectivity index (χ0n) is 11.0. The van der Waals surface area contributed by atoms with Crippen molar-refractivity contribution in [2.75, 3.05) is 26.7 Å². The summed E-state index contributed by atoms with van der Waals surface area (Å²) in [4.78, 5) is 25.8. The van der Waals surface area contributed by atoms with Crippen molar-refractivity contribution < 1.29 is 14.7 Å². The van der Waals surface area contributed by atoms with Crippen LogP contribution in [0, 0.1) is 0 Å². The van der Waals surface area contributed by atoms with Crippen LogP contribution in [0.1, 0.15) is 10.4 Å². The van der Waals surface area contributed by atoms with E-state index in [1.807, 2.05) is 0 Å². The van der Waals surface area contributed by atoms with Crippen LogP contribution >= 0.6 is 15.9 Å². The van der Waals surface area contributed by atoms with Gasteiger partial charge >= 0.3 is 0 Å². The zero-order chi connectivity index (χ0) is 14.7. The predicted molar refractivity (Wildman–Crippen MR) is 77.6 cm³/mol. The minimum atomic E-state index is -0.565. The molecule has 1 aromatic rings. The fourth-order valence-electron chi connectivity index (χ4n) is 2.19. The lowest BCUT2D eigenvalue weighted by atomic mass is 10.1. The number of benzene rings is 1. The van der Waals surface area contributed by atoms with Gasteiger partial charge in [-0.1, -0.05) is 15.9 Å². The number of carbonyl (C=O) groups is 2. The molecule has 1 aliphatic rings. The summed E-state index contributed by atoms with van der Waals surface area (Å²) in [5.74, 6) is -0.661. The summed E-state index contributed by atoms with van der Waals surface area (Å²) in [7, 11) is 1.54. The van der Waals surface area contributed by atoms with Gasteiger partial charge in [0.15, 0.2) is 0 Å². The lowest BCUT2D eigenvalue weighted by Gasteiger charge is -2.35. The van der Waals surface area contributed by atoms with E-state index in [1.165, 1.54) is 18.0 Å². The number of phenols is 1. The van der Waals surface area contributed by atoms with Crippen LogP contribution in [0.15, 0.2) is 22.7 Å². The molecule has 0 aliphatic carbocycles. The van der Waals surface area contributed by atoms with Gasteiger partial charge in [0, 0.05) is 31.2 Å². The number of rotatable bonds is 2. The number of aromatic hydroxyl groups is 1. The summed E-state index contributed by atoms with van der Waals surface area (Å²) >= 11 is 3.23. The Kier molecular flexibility index (Phi) is 4.61. The van der Waals surface area contributed by atoms with Crippen LogP contribution in [0.25, 0.3) is 0 Å². The predicted octanol–water partition coefficient (Wildman–Crippen LogP) is 0.315. The Morgan fingerprint density at radius 3 is 2.90 bits per heavy atom. The number of phenolic OH excluding ortho intramolecular Hbond substituents is 1. The lowest BCUT2D eigenvalue weighted by Crippen LogP contribution is -2.59. The van der Waals surface area contributed by atoms with Crippen LogP contribution in [0.4, 0.5) is 0 Å². The fraction of sp³-hybridized carbons (Fsp3) is 0.385. The fourth-order valence-corrected chi connectivity index (χ4v) is 2.54. The monoisotopic (exact) mass is 341 g/mol. The Hall–Kier alpha value is -1.60. The highest BCUT2D eigenvalue weighted by atomic mass is 79.9. The molecule has 2 amide bonds. The van der Waals surface area contributed by atoms with Crippen LogP contribution < -0.4 is 10.6 Å². The minimum absolute atomic E-state index is 0.0986. The van der Waals surface area contributed by atoms with Crippen LogP contribution in [0.5, 0.6) is 5.75 Å². The van der Waals surface area contributed by atoms with Gasteiger partial charge in [0.05, 0.1) is 5.56 Å². The Labute approximate surface area is 125 Å². The number of hydrogen-bond donors (Lipinski definition) is 3. The number of halogens is 1. The Morgan fingerprint density at radius 2 is 2.25 bits per heavy atom. The standard InChI is InChI=1S/C13H16BrN3O3/c1-15-12(19)10-7-16-4-5-17(10)13(20)9-3-2-8(14)6-11(9)18/h2-3,6,10,16,18H,4-5,7H2,1H3,(H,15,19). The third-order valence-electron chi connectivity index (χ3n) is 3.24. The van der Waals surface area contributed by atoms with E-state index in [2.05, 4.69) is 26.6 Å². The van der Waals surface area contributed by atoms with Gasteiger partial charge in [-0.15, -0.1) is 0 Å². The van der Waals surface area contributed by atoms with E-state index < -0.39 is 6.04 Å². The molecule has 108 valence electrons. The third kappa shape index (κ3) is 2.94. The second kappa shape index (κ2) is 6.23. The first-order chi connectivity index (χ1) is 9.54. The molecule has 3 N–H and O–H groups in total. The first-order valence-electron chi connectivity index (χ1n) is 6.26. The van der Waals surface area contributed by atoms with Crippen LogP contribution in [-0.2, 0) is 4.79 Å². The number of likely N-dealkylation sites (N-methyl/N-ethyl adjacent to an activating group) is 1. The zero-order valence-corrected chi connectivity index (χ0v) is 12.6. The molecule has 20 heavy (non-hydrogen) atoms. The summed E-state index contributed by atoms with van der Waals surface area (Å²) in [6.07, 6.45) is 0. The molecule has 0 spiro atoms. The number of amides is 2. The van der Waals surface area contributed by atoms with Gasteiger partial charge in [-0.05, 0) is 18.2 Å². The van der Waals surface area contributed by atoms with Gasteiger partial charge in [-0.3, -0.25) is 9.59 Å². The second-order valence-corrected chi connectivity index (χ2v) is 5.41. The molecule has 0 saturated carbocycles. The molecular weight excluding hydrogens is 326 g/mol. The van der Waals surface area contributed by atoms with E-state index >= 15 is 0 Å². The van der Waals surface area contributed by atoms with Gasteiger partial charge in [0.1, 0.15) is 11.8 Å². The summed E-state index contributed by atoms with van der Waals surface area (Å²) in [6, 6.07) is 4.13. The maximum atomic E-state index is 12.5. The van der Waals surface area contributed by atoms with E-state index in [9.17, 15) is 14.7 Å². The number of hydrogen-bond acceptors (Lipinski definition) is 4. The molecular formula is C13H16BrN3O3. The Morgan fingerprint density at radius 1 is 1.50 bits per heavy atom. The summed E-state index contributed by atoms with van der Waals surface area (Å²) in [5.41, 5.74) is 0.198. The van der Waals surface area contributed by atoms with Crippen LogP contribution in [-0.4, -0.2) is 54.5 Å². The molecule has 7 heteroatoms. The highest BCUT2D eigenvalue weighted by Crippen LogP contribution is 2.24. The van der Waals surface area contributed by atoms with Crippen molar-refractivity contribution in [1.82, 2.24) is 15.5 Å². The summed E-state index contributed by atoms with van der Waals surface area (Å²) in [5, 5.41) is 15.5. The molecule has 1 unspecified atom stereocenters. The molecule has 1 aliphatic heterocycles. The number of carbonyl (C=O) groups excluding carboxylic acids is 2. The average Bonchev–Trinajstić information content (AvgIpc) is 2.46. The topological polar surface area (TPSA) is 81.7 Å². The average molecular weight is 342 g/mol. The van der Waals surface area contributed by atoms with Crippen molar-refractivity contribution in [3.63, 3.8) is 0 Å². The second-order valence-electron chi connectivity index (χ2n) is 4.49. The van der Waals surface area contributed by atoms with E-state index in [0.29, 0.717) is 24.1 Å². The summed E-state index contributed by atoms with van der Waals surface area (Å²) < 4.78 is 0.690. The van der Waals surface area contributed by atoms with Crippen molar-refractivity contribution >= 4 is 27.7 Å². The van der Waals surface area contributed by atoms with Crippen molar-refractivity contribution in [2.45, 2.75) is 6.04 Å². The first kappa shape index (κ1) is 14.8. The molecule has 0 radical (unpaired) electrons. The van der Waals surface area contributed by atoms with Gasteiger partial charge in [0.2, 0.25) is 5.91 Å². The van der Waals surface area contributed by atoms with E-state index in [4.69, 9.17) is 0 Å².